The summed E-state index contributed by atoms with van der Waals surface area (Å²) in [7, 11) is 0. The summed E-state index contributed by atoms with van der Waals surface area (Å²) in [4.78, 5) is 11.9. The van der Waals surface area contributed by atoms with E-state index in [1.165, 1.54) is 34.0 Å². The molecule has 0 unspecified atom stereocenters. The van der Waals surface area contributed by atoms with Crippen LogP contribution in [0.2, 0.25) is 0 Å². The van der Waals surface area contributed by atoms with Crippen LogP contribution in [0.3, 0.4) is 0 Å². The van der Waals surface area contributed by atoms with Crippen molar-refractivity contribution in [2.45, 2.75) is 23.1 Å². The van der Waals surface area contributed by atoms with Gasteiger partial charge < -0.3 is 5.32 Å². The molecule has 1 N–H and O–H groups in total. The van der Waals surface area contributed by atoms with Gasteiger partial charge in [-0.15, -0.1) is 0 Å². The summed E-state index contributed by atoms with van der Waals surface area (Å²) in [6, 6.07) is 17.6. The second kappa shape index (κ2) is 3.67. The van der Waals surface area contributed by atoms with Gasteiger partial charge in [0.15, 0.2) is 0 Å². The van der Waals surface area contributed by atoms with E-state index in [-0.39, 0.29) is 11.3 Å². The Morgan fingerprint density at radius 2 is 1.30 bits per heavy atom. The minimum Gasteiger partial charge on any atom is -0.342 e. The van der Waals surface area contributed by atoms with Crippen LogP contribution in [0.5, 0.6) is 0 Å². The number of carbonyl (C=O) groups excluding carboxylic acids is 1. The van der Waals surface area contributed by atoms with E-state index >= 15 is 0 Å². The molecule has 1 aliphatic heterocycles. The highest BCUT2D eigenvalue weighted by Gasteiger charge is 2.53. The second-order valence-corrected chi connectivity index (χ2v) is 6.90. The summed E-state index contributed by atoms with van der Waals surface area (Å²) >= 11 is 1.49. The quantitative estimate of drug-likeness (QED) is 0.800. The van der Waals surface area contributed by atoms with Crippen molar-refractivity contribution < 1.29 is 4.79 Å². The van der Waals surface area contributed by atoms with Gasteiger partial charge in [-0.1, -0.05) is 60.3 Å². The lowest BCUT2D eigenvalue weighted by atomic mass is 9.61. The van der Waals surface area contributed by atoms with Crippen LogP contribution in [-0.4, -0.2) is 16.5 Å². The molecule has 2 aromatic rings. The molecule has 98 valence electrons. The molecule has 2 nitrogen and oxygen atoms in total. The van der Waals surface area contributed by atoms with Crippen molar-refractivity contribution in [3.63, 3.8) is 0 Å². The number of nitrogens with one attached hydrogen (secondary N) is 1. The van der Waals surface area contributed by atoms with Crippen LogP contribution in [0.1, 0.15) is 34.1 Å². The molecule has 20 heavy (non-hydrogen) atoms. The standard InChI is InChI=1S/C17H13NOS/c19-17-18-15-13-9-5-1-3-7-11(9)14(16(15)20-17)12-8-4-2-6-10(12)13/h1-8,13-16H,(H,18,19)/t13?,14?,15-,16+/m1/s1. The van der Waals surface area contributed by atoms with Gasteiger partial charge in [0, 0.05) is 17.1 Å². The lowest BCUT2D eigenvalue weighted by molar-refractivity contribution is 0.257. The van der Waals surface area contributed by atoms with E-state index in [1.54, 1.807) is 0 Å². The molecule has 0 radical (unpaired) electrons. The zero-order valence-electron chi connectivity index (χ0n) is 10.7. The van der Waals surface area contributed by atoms with Crippen molar-refractivity contribution >= 4 is 17.0 Å². The van der Waals surface area contributed by atoms with Crippen molar-refractivity contribution in [2.24, 2.45) is 0 Å². The first-order valence-electron chi connectivity index (χ1n) is 6.99. The number of rotatable bonds is 0. The molecular weight excluding hydrogens is 266 g/mol. The van der Waals surface area contributed by atoms with Gasteiger partial charge in [-0.2, -0.15) is 0 Å². The van der Waals surface area contributed by atoms with E-state index < -0.39 is 0 Å². The predicted molar refractivity (Wildman–Crippen MR) is 80.3 cm³/mol. The fourth-order valence-electron chi connectivity index (χ4n) is 4.23. The van der Waals surface area contributed by atoms with Crippen molar-refractivity contribution in [3.8, 4) is 0 Å². The lowest BCUT2D eigenvalue weighted by Crippen LogP contribution is -2.48. The third-order valence-corrected chi connectivity index (χ3v) is 6.07. The number of hydrogen-bond acceptors (Lipinski definition) is 2. The Kier molecular flexibility index (Phi) is 2.01. The molecule has 3 aliphatic carbocycles. The van der Waals surface area contributed by atoms with Gasteiger partial charge >= 0.3 is 0 Å². The molecule has 0 aromatic heterocycles. The van der Waals surface area contributed by atoms with E-state index in [1.807, 2.05) is 0 Å². The molecule has 0 spiro atoms. The number of carbonyl (C=O) groups is 1. The van der Waals surface area contributed by atoms with Gasteiger partial charge in [-0.25, -0.2) is 0 Å². The van der Waals surface area contributed by atoms with Gasteiger partial charge in [-0.3, -0.25) is 4.79 Å². The van der Waals surface area contributed by atoms with Crippen molar-refractivity contribution in [1.29, 1.82) is 0 Å². The van der Waals surface area contributed by atoms with E-state index in [9.17, 15) is 4.79 Å². The highest BCUT2D eigenvalue weighted by Crippen LogP contribution is 2.57. The summed E-state index contributed by atoms with van der Waals surface area (Å²) in [5.41, 5.74) is 5.64. The van der Waals surface area contributed by atoms with Gasteiger partial charge in [0.05, 0.1) is 6.04 Å². The molecule has 1 amide bonds. The average molecular weight is 279 g/mol. The summed E-state index contributed by atoms with van der Waals surface area (Å²) in [5.74, 6) is 0.665. The number of hydrogen-bond donors (Lipinski definition) is 1. The number of amides is 1. The number of benzene rings is 2. The van der Waals surface area contributed by atoms with E-state index in [0.29, 0.717) is 17.1 Å². The maximum atomic E-state index is 11.9. The molecule has 2 bridgehead atoms. The van der Waals surface area contributed by atoms with E-state index in [0.717, 1.165) is 0 Å². The molecule has 1 fully saturated rings. The summed E-state index contributed by atoms with van der Waals surface area (Å²) < 4.78 is 0. The Labute approximate surface area is 121 Å². The molecule has 3 heteroatoms. The Morgan fingerprint density at radius 1 is 0.800 bits per heavy atom. The molecule has 0 saturated carbocycles. The van der Waals surface area contributed by atoms with Crippen molar-refractivity contribution in [1.82, 2.24) is 5.32 Å². The van der Waals surface area contributed by atoms with Gasteiger partial charge in [0.25, 0.3) is 5.24 Å². The van der Waals surface area contributed by atoms with Crippen LogP contribution in [0.4, 0.5) is 4.79 Å². The zero-order chi connectivity index (χ0) is 13.3. The highest BCUT2D eigenvalue weighted by molar-refractivity contribution is 8.14. The van der Waals surface area contributed by atoms with Gasteiger partial charge in [0.1, 0.15) is 0 Å². The zero-order valence-corrected chi connectivity index (χ0v) is 11.6. The molecule has 6 rings (SSSR count). The van der Waals surface area contributed by atoms with Crippen molar-refractivity contribution in [3.05, 3.63) is 70.8 Å². The maximum Gasteiger partial charge on any atom is 0.279 e. The minimum atomic E-state index is 0.135. The van der Waals surface area contributed by atoms with Gasteiger partial charge in [-0.05, 0) is 22.3 Å². The summed E-state index contributed by atoms with van der Waals surface area (Å²) in [6.07, 6.45) is 0. The Hall–Kier alpha value is -1.74. The molecular formula is C17H13NOS. The summed E-state index contributed by atoms with van der Waals surface area (Å²) in [6.45, 7) is 0. The predicted octanol–water partition coefficient (Wildman–Crippen LogP) is 3.47. The maximum absolute atomic E-state index is 11.9. The van der Waals surface area contributed by atoms with Crippen LogP contribution in [0.15, 0.2) is 48.5 Å². The van der Waals surface area contributed by atoms with E-state index in [4.69, 9.17) is 0 Å². The van der Waals surface area contributed by atoms with Crippen LogP contribution in [0.25, 0.3) is 0 Å². The fourth-order valence-corrected chi connectivity index (χ4v) is 5.48. The lowest BCUT2D eigenvalue weighted by Gasteiger charge is -2.47. The van der Waals surface area contributed by atoms with Crippen LogP contribution < -0.4 is 5.32 Å². The van der Waals surface area contributed by atoms with Crippen LogP contribution in [-0.2, 0) is 0 Å². The molecule has 2 atom stereocenters. The van der Waals surface area contributed by atoms with Crippen LogP contribution in [0, 0.1) is 0 Å². The smallest absolute Gasteiger partial charge is 0.279 e. The Morgan fingerprint density at radius 3 is 1.85 bits per heavy atom. The molecule has 2 aromatic carbocycles. The number of thioether (sulfide) groups is 1. The van der Waals surface area contributed by atoms with Crippen molar-refractivity contribution in [2.75, 3.05) is 0 Å². The largest absolute Gasteiger partial charge is 0.342 e. The molecule has 4 aliphatic rings. The minimum absolute atomic E-state index is 0.135. The summed E-state index contributed by atoms with van der Waals surface area (Å²) in [5, 5.41) is 3.67. The van der Waals surface area contributed by atoms with Gasteiger partial charge in [0.2, 0.25) is 0 Å². The first-order valence-corrected chi connectivity index (χ1v) is 7.87. The Balaban J connectivity index is 1.83. The third kappa shape index (κ3) is 1.20. The fraction of sp³-hybridized carbons (Fsp3) is 0.235. The average Bonchev–Trinajstić information content (AvgIpc) is 2.88. The first-order chi connectivity index (χ1) is 9.84. The second-order valence-electron chi connectivity index (χ2n) is 5.75. The van der Waals surface area contributed by atoms with Crippen LogP contribution >= 0.6 is 11.8 Å². The highest BCUT2D eigenvalue weighted by atomic mass is 32.2. The first kappa shape index (κ1) is 11.0. The third-order valence-electron chi connectivity index (χ3n) is 4.90. The monoisotopic (exact) mass is 279 g/mol. The van der Waals surface area contributed by atoms with E-state index in [2.05, 4.69) is 53.8 Å². The molecule has 1 saturated heterocycles. The topological polar surface area (TPSA) is 29.1 Å². The molecule has 1 heterocycles. The SMILES string of the molecule is O=C1N[C@@H]2C3c4ccccc4C(c4ccccc43)[C@@H]2S1. The normalized spacial score (nSPS) is 32.3. The Bertz CT molecular complexity index is 634.